The number of rotatable bonds is 3. The summed E-state index contributed by atoms with van der Waals surface area (Å²) < 4.78 is 0. The number of halogens is 2. The number of hydrogen-bond donors (Lipinski definition) is 1. The van der Waals surface area contributed by atoms with Gasteiger partial charge in [-0.2, -0.15) is 0 Å². The quantitative estimate of drug-likeness (QED) is 0.888. The summed E-state index contributed by atoms with van der Waals surface area (Å²) in [6.45, 7) is 0. The summed E-state index contributed by atoms with van der Waals surface area (Å²) in [7, 11) is 1.93. The third kappa shape index (κ3) is 2.73. The van der Waals surface area contributed by atoms with Crippen molar-refractivity contribution in [1.82, 2.24) is 10.3 Å². The van der Waals surface area contributed by atoms with Crippen LogP contribution in [-0.2, 0) is 12.8 Å². The van der Waals surface area contributed by atoms with Gasteiger partial charge in [-0.25, -0.2) is 4.98 Å². The van der Waals surface area contributed by atoms with Gasteiger partial charge in [0, 0.05) is 14.9 Å². The van der Waals surface area contributed by atoms with Crippen molar-refractivity contribution in [3.63, 3.8) is 0 Å². The molecule has 0 radical (unpaired) electrons. The molecule has 3 rings (SSSR count). The minimum Gasteiger partial charge on any atom is -0.307 e. The molecule has 1 heterocycles. The molecule has 5 heteroatoms. The summed E-state index contributed by atoms with van der Waals surface area (Å²) in [5.41, 5.74) is 2.27. The first-order valence-electron chi connectivity index (χ1n) is 6.79. The van der Waals surface area contributed by atoms with E-state index in [0.29, 0.717) is 5.02 Å². The number of nitrogens with zero attached hydrogens (tertiary/aromatic N) is 1. The molecule has 1 aliphatic rings. The van der Waals surface area contributed by atoms with Gasteiger partial charge in [0.1, 0.15) is 5.01 Å². The molecule has 1 aromatic carbocycles. The molecule has 20 heavy (non-hydrogen) atoms. The Balaban J connectivity index is 2.01. The van der Waals surface area contributed by atoms with Crippen LogP contribution < -0.4 is 5.32 Å². The number of hydrogen-bond acceptors (Lipinski definition) is 3. The molecule has 1 aromatic heterocycles. The molecule has 0 saturated carbocycles. The largest absolute Gasteiger partial charge is 0.307 e. The molecule has 1 unspecified atom stereocenters. The van der Waals surface area contributed by atoms with E-state index in [1.165, 1.54) is 23.4 Å². The molecule has 1 atom stereocenters. The number of benzene rings is 1. The predicted octanol–water partition coefficient (Wildman–Crippen LogP) is 4.64. The van der Waals surface area contributed by atoms with Crippen LogP contribution in [0.2, 0.25) is 10.0 Å². The molecule has 0 bridgehead atoms. The first-order valence-corrected chi connectivity index (χ1v) is 8.37. The third-order valence-electron chi connectivity index (χ3n) is 3.67. The van der Waals surface area contributed by atoms with Crippen LogP contribution >= 0.6 is 34.5 Å². The summed E-state index contributed by atoms with van der Waals surface area (Å²) in [6, 6.07) is 5.59. The Morgan fingerprint density at radius 2 is 2.05 bits per heavy atom. The van der Waals surface area contributed by atoms with Crippen LogP contribution in [0.15, 0.2) is 18.2 Å². The van der Waals surface area contributed by atoms with E-state index in [9.17, 15) is 0 Å². The van der Waals surface area contributed by atoms with Crippen molar-refractivity contribution in [3.8, 4) is 0 Å². The van der Waals surface area contributed by atoms with Gasteiger partial charge in [-0.1, -0.05) is 23.2 Å². The SMILES string of the molecule is CNC(c1nc2c(s1)CCCC2)c1cc(Cl)ccc1Cl. The molecule has 0 amide bonds. The molecule has 0 spiro atoms. The Kier molecular flexibility index (Phi) is 4.32. The lowest BCUT2D eigenvalue weighted by molar-refractivity contribution is 0.661. The van der Waals surface area contributed by atoms with Crippen LogP contribution in [0.1, 0.15) is 40.0 Å². The zero-order valence-electron chi connectivity index (χ0n) is 11.2. The number of fused-ring (bicyclic) bond motifs is 1. The van der Waals surface area contributed by atoms with Crippen molar-refractivity contribution in [2.24, 2.45) is 0 Å². The van der Waals surface area contributed by atoms with Crippen molar-refractivity contribution in [2.75, 3.05) is 7.05 Å². The monoisotopic (exact) mass is 326 g/mol. The fourth-order valence-electron chi connectivity index (χ4n) is 2.64. The highest BCUT2D eigenvalue weighted by Crippen LogP contribution is 2.35. The maximum Gasteiger partial charge on any atom is 0.115 e. The molecular weight excluding hydrogens is 311 g/mol. The Bertz CT molecular complexity index is 601. The Labute approximate surface area is 133 Å². The van der Waals surface area contributed by atoms with E-state index in [-0.39, 0.29) is 6.04 Å². The van der Waals surface area contributed by atoms with E-state index >= 15 is 0 Å². The lowest BCUT2D eigenvalue weighted by Gasteiger charge is -2.15. The molecule has 0 saturated heterocycles. The number of aromatic nitrogens is 1. The van der Waals surface area contributed by atoms with Crippen LogP contribution in [0.25, 0.3) is 0 Å². The maximum absolute atomic E-state index is 6.32. The minimum absolute atomic E-state index is 0.0109. The zero-order valence-corrected chi connectivity index (χ0v) is 13.6. The van der Waals surface area contributed by atoms with E-state index in [2.05, 4.69) is 5.32 Å². The minimum atomic E-state index is 0.0109. The van der Waals surface area contributed by atoms with Crippen LogP contribution in [0.4, 0.5) is 0 Å². The number of aryl methyl sites for hydroxylation is 2. The van der Waals surface area contributed by atoms with E-state index in [0.717, 1.165) is 28.4 Å². The molecule has 106 valence electrons. The molecule has 0 aliphatic heterocycles. The maximum atomic E-state index is 6.32. The Morgan fingerprint density at radius 1 is 1.25 bits per heavy atom. The summed E-state index contributed by atoms with van der Waals surface area (Å²) >= 11 is 14.2. The van der Waals surface area contributed by atoms with Gasteiger partial charge < -0.3 is 5.32 Å². The fourth-order valence-corrected chi connectivity index (χ4v) is 4.33. The molecule has 0 fully saturated rings. The number of nitrogens with one attached hydrogen (secondary N) is 1. The average molecular weight is 327 g/mol. The van der Waals surface area contributed by atoms with Gasteiger partial charge in [-0.05, 0) is 56.5 Å². The van der Waals surface area contributed by atoms with Crippen molar-refractivity contribution in [1.29, 1.82) is 0 Å². The summed E-state index contributed by atoms with van der Waals surface area (Å²) in [4.78, 5) is 6.26. The highest BCUT2D eigenvalue weighted by atomic mass is 35.5. The molecule has 1 N–H and O–H groups in total. The summed E-state index contributed by atoms with van der Waals surface area (Å²) in [5, 5.41) is 5.83. The second kappa shape index (κ2) is 6.02. The van der Waals surface area contributed by atoms with Crippen molar-refractivity contribution in [2.45, 2.75) is 31.7 Å². The average Bonchev–Trinajstić information content (AvgIpc) is 2.87. The molecule has 1 aliphatic carbocycles. The van der Waals surface area contributed by atoms with Crippen molar-refractivity contribution < 1.29 is 0 Å². The van der Waals surface area contributed by atoms with Gasteiger partial charge in [0.2, 0.25) is 0 Å². The van der Waals surface area contributed by atoms with Crippen molar-refractivity contribution >= 4 is 34.5 Å². The summed E-state index contributed by atoms with van der Waals surface area (Å²) in [6.07, 6.45) is 4.79. The lowest BCUT2D eigenvalue weighted by atomic mass is 10.0. The lowest BCUT2D eigenvalue weighted by Crippen LogP contribution is -2.18. The van der Waals surface area contributed by atoms with E-state index < -0.39 is 0 Å². The second-order valence-corrected chi connectivity index (χ2v) is 6.98. The van der Waals surface area contributed by atoms with Gasteiger partial charge in [0.25, 0.3) is 0 Å². The number of thiazole rings is 1. The van der Waals surface area contributed by atoms with Crippen molar-refractivity contribution in [3.05, 3.63) is 49.4 Å². The topological polar surface area (TPSA) is 24.9 Å². The van der Waals surface area contributed by atoms with Crippen LogP contribution in [0.3, 0.4) is 0 Å². The van der Waals surface area contributed by atoms with Crippen LogP contribution in [0.5, 0.6) is 0 Å². The van der Waals surface area contributed by atoms with Gasteiger partial charge in [-0.3, -0.25) is 0 Å². The second-order valence-electron chi connectivity index (χ2n) is 5.02. The van der Waals surface area contributed by atoms with Crippen LogP contribution in [-0.4, -0.2) is 12.0 Å². The molecular formula is C15H16Cl2N2S. The van der Waals surface area contributed by atoms with E-state index in [1.54, 1.807) is 11.3 Å². The Morgan fingerprint density at radius 3 is 2.80 bits per heavy atom. The fraction of sp³-hybridized carbons (Fsp3) is 0.400. The zero-order chi connectivity index (χ0) is 14.1. The van der Waals surface area contributed by atoms with E-state index in [1.807, 2.05) is 25.2 Å². The standard InChI is InChI=1S/C15H16Cl2N2S/c1-18-14(10-8-9(16)6-7-11(10)17)15-19-12-4-2-3-5-13(12)20-15/h6-8,14,18H,2-5H2,1H3. The predicted molar refractivity (Wildman–Crippen MR) is 86.1 cm³/mol. The van der Waals surface area contributed by atoms with Gasteiger partial charge >= 0.3 is 0 Å². The van der Waals surface area contributed by atoms with Crippen LogP contribution in [0, 0.1) is 0 Å². The smallest absolute Gasteiger partial charge is 0.115 e. The summed E-state index contributed by atoms with van der Waals surface area (Å²) in [5.74, 6) is 0. The highest BCUT2D eigenvalue weighted by molar-refractivity contribution is 7.11. The van der Waals surface area contributed by atoms with Gasteiger partial charge in [0.15, 0.2) is 0 Å². The Hall–Kier alpha value is -0.610. The molecule has 2 nitrogen and oxygen atoms in total. The molecule has 2 aromatic rings. The third-order valence-corrected chi connectivity index (χ3v) is 5.47. The normalized spacial score (nSPS) is 15.9. The van der Waals surface area contributed by atoms with E-state index in [4.69, 9.17) is 28.2 Å². The van der Waals surface area contributed by atoms with Gasteiger partial charge in [0.05, 0.1) is 11.7 Å². The first-order chi connectivity index (χ1) is 9.69. The first kappa shape index (κ1) is 14.3. The highest BCUT2D eigenvalue weighted by Gasteiger charge is 2.23. The van der Waals surface area contributed by atoms with Gasteiger partial charge in [-0.15, -0.1) is 11.3 Å².